The fourth-order valence-electron chi connectivity index (χ4n) is 2.56. The maximum atomic E-state index is 12.4. The highest BCUT2D eigenvalue weighted by Crippen LogP contribution is 2.33. The van der Waals surface area contributed by atoms with Crippen molar-refractivity contribution in [2.24, 2.45) is 4.99 Å². The summed E-state index contributed by atoms with van der Waals surface area (Å²) in [6.45, 7) is 0.837. The third kappa shape index (κ3) is 3.75. The third-order valence-corrected chi connectivity index (χ3v) is 4.93. The molecule has 0 aliphatic heterocycles. The lowest BCUT2D eigenvalue weighted by molar-refractivity contribution is -0.402. The van der Waals surface area contributed by atoms with Gasteiger partial charge >= 0.3 is 11.8 Å². The summed E-state index contributed by atoms with van der Waals surface area (Å²) in [6.07, 6.45) is 0. The van der Waals surface area contributed by atoms with E-state index in [4.69, 9.17) is 18.6 Å². The number of ether oxygens (including phenoxy) is 3. The van der Waals surface area contributed by atoms with Gasteiger partial charge in [0.2, 0.25) is 5.76 Å². The number of nitrogens with zero attached hydrogens (tertiary/aromatic N) is 3. The van der Waals surface area contributed by atoms with Crippen molar-refractivity contribution in [3.05, 3.63) is 44.9 Å². The number of benzene rings is 1. The SMILES string of the molecule is COCCn1c(=NC(=O)c2ccc([N+](=O)[O-])o2)sc2cc(OC)c(OC)cc21. The highest BCUT2D eigenvalue weighted by molar-refractivity contribution is 7.16. The van der Waals surface area contributed by atoms with E-state index in [2.05, 4.69) is 4.99 Å². The first-order chi connectivity index (χ1) is 13.5. The molecule has 11 heteroatoms. The number of carbonyl (C=O) groups is 1. The number of amides is 1. The van der Waals surface area contributed by atoms with E-state index in [9.17, 15) is 14.9 Å². The summed E-state index contributed by atoms with van der Waals surface area (Å²) in [5, 5.41) is 10.7. The van der Waals surface area contributed by atoms with E-state index in [1.807, 2.05) is 0 Å². The molecule has 0 atom stereocenters. The summed E-state index contributed by atoms with van der Waals surface area (Å²) in [7, 11) is 4.64. The van der Waals surface area contributed by atoms with Gasteiger partial charge < -0.3 is 23.2 Å². The smallest absolute Gasteiger partial charge is 0.433 e. The first-order valence-electron chi connectivity index (χ1n) is 8.06. The average molecular weight is 407 g/mol. The fourth-order valence-corrected chi connectivity index (χ4v) is 3.63. The second-order valence-corrected chi connectivity index (χ2v) is 6.53. The molecule has 2 heterocycles. The number of carbonyl (C=O) groups excluding carboxylic acids is 1. The van der Waals surface area contributed by atoms with Crippen LogP contribution in [-0.2, 0) is 11.3 Å². The van der Waals surface area contributed by atoms with Crippen LogP contribution < -0.4 is 14.3 Å². The summed E-state index contributed by atoms with van der Waals surface area (Å²) < 4.78 is 23.4. The number of fused-ring (bicyclic) bond motifs is 1. The van der Waals surface area contributed by atoms with Gasteiger partial charge in [0.1, 0.15) is 4.92 Å². The first kappa shape index (κ1) is 19.6. The van der Waals surface area contributed by atoms with Gasteiger partial charge in [-0.25, -0.2) is 0 Å². The zero-order valence-electron chi connectivity index (χ0n) is 15.3. The Morgan fingerprint density at radius 2 is 1.96 bits per heavy atom. The number of nitro groups is 1. The molecule has 3 aromatic rings. The first-order valence-corrected chi connectivity index (χ1v) is 8.87. The quantitative estimate of drug-likeness (QED) is 0.436. The molecule has 0 saturated carbocycles. The standard InChI is InChI=1S/C17H17N3O7S/c1-24-7-6-19-10-8-12(25-2)13(26-3)9-14(10)28-17(19)18-16(21)11-4-5-15(27-11)20(22)23/h4-5,8-9H,6-7H2,1-3H3. The van der Waals surface area contributed by atoms with Gasteiger partial charge in [-0.1, -0.05) is 11.3 Å². The zero-order chi connectivity index (χ0) is 20.3. The molecule has 0 aliphatic carbocycles. The molecule has 1 amide bonds. The molecule has 0 fully saturated rings. The Morgan fingerprint density at radius 3 is 2.57 bits per heavy atom. The van der Waals surface area contributed by atoms with Gasteiger partial charge in [0.25, 0.3) is 0 Å². The van der Waals surface area contributed by atoms with Crippen molar-refractivity contribution >= 4 is 33.3 Å². The molecule has 1 aromatic carbocycles. The number of hydrogen-bond acceptors (Lipinski definition) is 8. The molecular formula is C17H17N3O7S. The summed E-state index contributed by atoms with van der Waals surface area (Å²) in [6, 6.07) is 5.93. The summed E-state index contributed by atoms with van der Waals surface area (Å²) in [4.78, 5) is 26.9. The molecule has 0 bridgehead atoms. The van der Waals surface area contributed by atoms with E-state index in [0.29, 0.717) is 29.5 Å². The van der Waals surface area contributed by atoms with Crippen LogP contribution in [-0.4, -0.2) is 43.3 Å². The van der Waals surface area contributed by atoms with Gasteiger partial charge in [0.05, 0.1) is 37.1 Å². The van der Waals surface area contributed by atoms with Crippen LogP contribution in [0.3, 0.4) is 0 Å². The Labute approximate surface area is 162 Å². The van der Waals surface area contributed by atoms with Crippen LogP contribution >= 0.6 is 11.3 Å². The molecule has 0 aliphatic rings. The van der Waals surface area contributed by atoms with Crippen molar-refractivity contribution in [2.75, 3.05) is 27.9 Å². The van der Waals surface area contributed by atoms with Crippen LogP contribution in [0, 0.1) is 10.1 Å². The van der Waals surface area contributed by atoms with Crippen molar-refractivity contribution in [3.8, 4) is 11.5 Å². The van der Waals surface area contributed by atoms with Crippen molar-refractivity contribution < 1.29 is 28.3 Å². The Morgan fingerprint density at radius 1 is 1.25 bits per heavy atom. The molecule has 0 spiro atoms. The van der Waals surface area contributed by atoms with Crippen LogP contribution in [0.15, 0.2) is 33.7 Å². The Kier molecular flexibility index (Phi) is 5.76. The number of furan rings is 1. The van der Waals surface area contributed by atoms with E-state index in [-0.39, 0.29) is 5.76 Å². The van der Waals surface area contributed by atoms with Gasteiger partial charge in [-0.2, -0.15) is 4.99 Å². The van der Waals surface area contributed by atoms with Crippen LogP contribution in [0.25, 0.3) is 10.2 Å². The average Bonchev–Trinajstić information content (AvgIpc) is 3.30. The van der Waals surface area contributed by atoms with Gasteiger partial charge in [-0.05, 0) is 6.07 Å². The second kappa shape index (κ2) is 8.23. The monoisotopic (exact) mass is 407 g/mol. The topological polar surface area (TPSA) is 118 Å². The number of methoxy groups -OCH3 is 3. The second-order valence-electron chi connectivity index (χ2n) is 5.52. The Balaban J connectivity index is 2.13. The van der Waals surface area contributed by atoms with Crippen LogP contribution in [0.1, 0.15) is 10.6 Å². The third-order valence-electron chi connectivity index (χ3n) is 3.89. The number of aromatic nitrogens is 1. The Hall–Kier alpha value is -3.18. The number of thiazole rings is 1. The maximum Gasteiger partial charge on any atom is 0.433 e. The number of hydrogen-bond donors (Lipinski definition) is 0. The minimum Gasteiger partial charge on any atom is -0.493 e. The summed E-state index contributed by atoms with van der Waals surface area (Å²) in [5.74, 6) is -0.354. The molecule has 0 unspecified atom stereocenters. The largest absolute Gasteiger partial charge is 0.493 e. The van der Waals surface area contributed by atoms with Crippen LogP contribution in [0.2, 0.25) is 0 Å². The molecule has 0 saturated heterocycles. The molecule has 3 rings (SSSR count). The van der Waals surface area contributed by atoms with Crippen molar-refractivity contribution in [1.82, 2.24) is 4.57 Å². The molecular weight excluding hydrogens is 390 g/mol. The van der Waals surface area contributed by atoms with Gasteiger partial charge in [-0.3, -0.25) is 14.9 Å². The molecule has 148 valence electrons. The van der Waals surface area contributed by atoms with Gasteiger partial charge in [0.15, 0.2) is 16.3 Å². The molecule has 2 aromatic heterocycles. The Bertz CT molecular complexity index is 1100. The van der Waals surface area contributed by atoms with Crippen LogP contribution in [0.4, 0.5) is 5.88 Å². The normalized spacial score (nSPS) is 11.8. The highest BCUT2D eigenvalue weighted by Gasteiger charge is 2.18. The lowest BCUT2D eigenvalue weighted by Crippen LogP contribution is -2.19. The lowest BCUT2D eigenvalue weighted by Gasteiger charge is -2.09. The van der Waals surface area contributed by atoms with E-state index in [1.54, 1.807) is 23.8 Å². The zero-order valence-corrected chi connectivity index (χ0v) is 16.1. The molecule has 28 heavy (non-hydrogen) atoms. The van der Waals surface area contributed by atoms with E-state index < -0.39 is 16.7 Å². The van der Waals surface area contributed by atoms with E-state index in [1.165, 1.54) is 31.6 Å². The molecule has 0 N–H and O–H groups in total. The molecule has 10 nitrogen and oxygen atoms in total. The fraction of sp³-hybridized carbons (Fsp3) is 0.294. The minimum atomic E-state index is -0.718. The van der Waals surface area contributed by atoms with E-state index in [0.717, 1.165) is 16.3 Å². The number of rotatable bonds is 7. The van der Waals surface area contributed by atoms with Gasteiger partial charge in [-0.15, -0.1) is 0 Å². The maximum absolute atomic E-state index is 12.4. The predicted octanol–water partition coefficient (Wildman–Crippen LogP) is 2.61. The van der Waals surface area contributed by atoms with Crippen molar-refractivity contribution in [3.63, 3.8) is 0 Å². The molecule has 0 radical (unpaired) electrons. The van der Waals surface area contributed by atoms with Crippen molar-refractivity contribution in [2.45, 2.75) is 6.54 Å². The summed E-state index contributed by atoms with van der Waals surface area (Å²) >= 11 is 1.27. The highest BCUT2D eigenvalue weighted by atomic mass is 32.1. The van der Waals surface area contributed by atoms with Crippen molar-refractivity contribution in [1.29, 1.82) is 0 Å². The lowest BCUT2D eigenvalue weighted by atomic mass is 10.3. The predicted molar refractivity (Wildman–Crippen MR) is 100 cm³/mol. The van der Waals surface area contributed by atoms with Crippen LogP contribution in [0.5, 0.6) is 11.5 Å². The van der Waals surface area contributed by atoms with E-state index >= 15 is 0 Å². The van der Waals surface area contributed by atoms with Gasteiger partial charge in [0, 0.05) is 25.8 Å². The minimum absolute atomic E-state index is 0.211. The summed E-state index contributed by atoms with van der Waals surface area (Å²) in [5.41, 5.74) is 0.789.